The van der Waals surface area contributed by atoms with Gasteiger partial charge in [0.1, 0.15) is 23.0 Å². The zero-order chi connectivity index (χ0) is 30.2. The first-order valence-electron chi connectivity index (χ1n) is 12.1. The van der Waals surface area contributed by atoms with E-state index in [1.807, 2.05) is 0 Å². The molecule has 214 valence electrons. The fourth-order valence-corrected chi connectivity index (χ4v) is 5.89. The van der Waals surface area contributed by atoms with Crippen molar-refractivity contribution in [2.24, 2.45) is 0 Å². The van der Waals surface area contributed by atoms with Gasteiger partial charge in [0.2, 0.25) is 15.7 Å². The summed E-state index contributed by atoms with van der Waals surface area (Å²) in [7, 11) is -2.00. The molecule has 0 aliphatic rings. The normalized spacial score (nSPS) is 11.3. The van der Waals surface area contributed by atoms with Crippen molar-refractivity contribution in [1.82, 2.24) is 14.5 Å². The molecule has 42 heavy (non-hydrogen) atoms. The molecule has 5 aromatic rings. The maximum atomic E-state index is 14.1. The van der Waals surface area contributed by atoms with Crippen LogP contribution in [0, 0.1) is 5.82 Å². The molecule has 0 aliphatic heterocycles. The van der Waals surface area contributed by atoms with E-state index >= 15 is 0 Å². The Labute approximate surface area is 243 Å². The van der Waals surface area contributed by atoms with Crippen molar-refractivity contribution in [2.75, 3.05) is 14.2 Å². The average molecular weight is 610 g/mol. The molecule has 10 nitrogen and oxygen atoms in total. The third-order valence-electron chi connectivity index (χ3n) is 6.36. The smallest absolute Gasteiger partial charge is 0.281 e. The zero-order valence-corrected chi connectivity index (χ0v) is 23.5. The van der Waals surface area contributed by atoms with Gasteiger partial charge in [-0.15, -0.1) is 0 Å². The lowest BCUT2D eigenvalue weighted by molar-refractivity contribution is 0.388. The summed E-state index contributed by atoms with van der Waals surface area (Å²) in [5.41, 5.74) is -0.849. The van der Waals surface area contributed by atoms with Gasteiger partial charge >= 0.3 is 0 Å². The Morgan fingerprint density at radius 1 is 0.929 bits per heavy atom. The van der Waals surface area contributed by atoms with Crippen LogP contribution in [0.3, 0.4) is 0 Å². The van der Waals surface area contributed by atoms with E-state index in [-0.39, 0.29) is 44.1 Å². The Hall–Kier alpha value is -4.94. The first-order valence-corrected chi connectivity index (χ1v) is 14.0. The van der Waals surface area contributed by atoms with Crippen LogP contribution in [0.2, 0.25) is 5.02 Å². The summed E-state index contributed by atoms with van der Waals surface area (Å²) in [5, 5.41) is 11.2. The van der Waals surface area contributed by atoms with Crippen LogP contribution in [0.25, 0.3) is 28.2 Å². The summed E-state index contributed by atoms with van der Waals surface area (Å²) in [4.78, 5) is 31.6. The highest BCUT2D eigenvalue weighted by molar-refractivity contribution is 7.91. The minimum atomic E-state index is -4.69. The van der Waals surface area contributed by atoms with E-state index in [1.165, 1.54) is 75.0 Å². The van der Waals surface area contributed by atoms with Crippen LogP contribution in [-0.2, 0) is 9.84 Å². The topological polar surface area (TPSA) is 141 Å². The summed E-state index contributed by atoms with van der Waals surface area (Å²) >= 11 is 5.98. The number of rotatable bonds is 7. The number of methoxy groups -OCH3 is 2. The van der Waals surface area contributed by atoms with Gasteiger partial charge in [0.25, 0.3) is 11.1 Å². The highest BCUT2D eigenvalue weighted by Gasteiger charge is 2.32. The van der Waals surface area contributed by atoms with E-state index in [0.717, 1.165) is 16.7 Å². The van der Waals surface area contributed by atoms with E-state index in [1.54, 1.807) is 6.07 Å². The van der Waals surface area contributed by atoms with E-state index < -0.39 is 37.5 Å². The van der Waals surface area contributed by atoms with Gasteiger partial charge in [-0.2, -0.15) is 4.98 Å². The number of aromatic amines is 1. The van der Waals surface area contributed by atoms with Crippen molar-refractivity contribution in [1.29, 1.82) is 0 Å². The van der Waals surface area contributed by atoms with Crippen molar-refractivity contribution in [3.63, 3.8) is 0 Å². The van der Waals surface area contributed by atoms with Crippen molar-refractivity contribution in [3.8, 4) is 45.6 Å². The molecule has 0 fully saturated rings. The van der Waals surface area contributed by atoms with Crippen LogP contribution < -0.4 is 20.6 Å². The van der Waals surface area contributed by atoms with Crippen LogP contribution in [0.4, 0.5) is 4.39 Å². The van der Waals surface area contributed by atoms with Gasteiger partial charge < -0.3 is 19.6 Å². The second kappa shape index (κ2) is 11.1. The first kappa shape index (κ1) is 28.6. The molecule has 0 spiro atoms. The molecule has 2 heterocycles. The van der Waals surface area contributed by atoms with Gasteiger partial charge in [-0.1, -0.05) is 29.8 Å². The number of hydrogen-bond acceptors (Lipinski definition) is 8. The molecule has 0 saturated heterocycles. The minimum Gasteiger partial charge on any atom is -0.494 e. The van der Waals surface area contributed by atoms with Crippen LogP contribution >= 0.6 is 11.6 Å². The van der Waals surface area contributed by atoms with Crippen molar-refractivity contribution < 1.29 is 27.4 Å². The first-order chi connectivity index (χ1) is 20.1. The highest BCUT2D eigenvalue weighted by Crippen LogP contribution is 2.36. The number of aromatic nitrogens is 3. The van der Waals surface area contributed by atoms with Gasteiger partial charge in [-0.3, -0.25) is 14.2 Å². The number of nitrogens with zero attached hydrogens (tertiary/aromatic N) is 2. The monoisotopic (exact) mass is 609 g/mol. The second-order valence-corrected chi connectivity index (χ2v) is 11.2. The molecule has 13 heteroatoms. The molecule has 0 saturated carbocycles. The standard InChI is InChI=1S/C29H21ClFN3O7S/c1-40-22-4-3-5-23(41-2)24(22)34-26(17-6-10-19(31)11-7-17)33-28(36)25(29(34)37)42(38,39)20-12-8-16(9-13-20)21-14-18(30)15-32-27(21)35/h3-15,36H,1-2H3,(H,32,35). The van der Waals surface area contributed by atoms with E-state index in [9.17, 15) is 27.5 Å². The van der Waals surface area contributed by atoms with E-state index in [0.29, 0.717) is 5.56 Å². The van der Waals surface area contributed by atoms with Crippen LogP contribution in [-0.4, -0.2) is 42.3 Å². The molecule has 0 amide bonds. The van der Waals surface area contributed by atoms with Crippen LogP contribution in [0.1, 0.15) is 0 Å². The Balaban J connectivity index is 1.76. The summed E-state index contributed by atoms with van der Waals surface area (Å²) in [6.07, 6.45) is 1.32. The molecule has 3 aromatic carbocycles. The fraction of sp³-hybridized carbons (Fsp3) is 0.0690. The number of aromatic hydroxyl groups is 1. The summed E-state index contributed by atoms with van der Waals surface area (Å²) < 4.78 is 53.2. The number of H-pyrrole nitrogens is 1. The van der Waals surface area contributed by atoms with Crippen LogP contribution in [0.5, 0.6) is 17.4 Å². The zero-order valence-electron chi connectivity index (χ0n) is 22.0. The Morgan fingerprint density at radius 2 is 1.52 bits per heavy atom. The molecule has 2 aromatic heterocycles. The lowest BCUT2D eigenvalue weighted by Gasteiger charge is -2.19. The summed E-state index contributed by atoms with van der Waals surface area (Å²) in [6, 6.07) is 16.1. The number of hydrogen-bond donors (Lipinski definition) is 2. The van der Waals surface area contributed by atoms with E-state index in [4.69, 9.17) is 21.1 Å². The number of sulfone groups is 1. The molecule has 2 N–H and O–H groups in total. The molecule has 5 rings (SSSR count). The van der Waals surface area contributed by atoms with Crippen molar-refractivity contribution in [2.45, 2.75) is 9.79 Å². The van der Waals surface area contributed by atoms with Crippen LogP contribution in [0.15, 0.2) is 98.4 Å². The molecule has 0 atom stereocenters. The third kappa shape index (κ3) is 5.01. The quantitative estimate of drug-likeness (QED) is 0.273. The maximum Gasteiger partial charge on any atom is 0.281 e. The molecule has 0 bridgehead atoms. The summed E-state index contributed by atoms with van der Waals surface area (Å²) in [6.45, 7) is 0. The van der Waals surface area contributed by atoms with Gasteiger partial charge in [-0.05, 0) is 60.2 Å². The SMILES string of the molecule is COc1cccc(OC)c1-n1c(-c2ccc(F)cc2)nc(O)c(S(=O)(=O)c2ccc(-c3cc(Cl)c[nH]c3=O)cc2)c1=O. The predicted octanol–water partition coefficient (Wildman–Crippen LogP) is 4.60. The Morgan fingerprint density at radius 3 is 2.12 bits per heavy atom. The lowest BCUT2D eigenvalue weighted by atomic mass is 10.1. The minimum absolute atomic E-state index is 0.00584. The molecule has 0 radical (unpaired) electrons. The Bertz CT molecular complexity index is 2020. The maximum absolute atomic E-state index is 14.1. The van der Waals surface area contributed by atoms with Gasteiger partial charge in [-0.25, -0.2) is 12.8 Å². The lowest BCUT2D eigenvalue weighted by Crippen LogP contribution is -2.28. The number of pyridine rings is 1. The molecule has 0 unspecified atom stereocenters. The third-order valence-corrected chi connectivity index (χ3v) is 8.37. The van der Waals surface area contributed by atoms with Gasteiger partial charge in [0.15, 0.2) is 10.7 Å². The number of nitrogens with one attached hydrogen (secondary N) is 1. The number of benzene rings is 3. The fourth-order valence-electron chi connectivity index (χ4n) is 4.38. The van der Waals surface area contributed by atoms with Gasteiger partial charge in [0, 0.05) is 17.3 Å². The second-order valence-electron chi connectivity index (χ2n) is 8.84. The predicted molar refractivity (Wildman–Crippen MR) is 153 cm³/mol. The Kier molecular flexibility index (Phi) is 7.59. The molecular formula is C29H21ClFN3O7S. The van der Waals surface area contributed by atoms with E-state index in [2.05, 4.69) is 9.97 Å². The highest BCUT2D eigenvalue weighted by atomic mass is 35.5. The van der Waals surface area contributed by atoms with Crippen molar-refractivity contribution >= 4 is 21.4 Å². The van der Waals surface area contributed by atoms with Crippen molar-refractivity contribution in [3.05, 3.63) is 111 Å². The largest absolute Gasteiger partial charge is 0.494 e. The number of para-hydroxylation sites is 1. The molecule has 0 aliphatic carbocycles. The number of halogens is 2. The average Bonchev–Trinajstić information content (AvgIpc) is 2.98. The summed E-state index contributed by atoms with van der Waals surface area (Å²) in [5.74, 6) is -1.57. The number of ether oxygens (including phenoxy) is 2. The molecular weight excluding hydrogens is 589 g/mol. The van der Waals surface area contributed by atoms with Gasteiger partial charge in [0.05, 0.1) is 24.1 Å².